The summed E-state index contributed by atoms with van der Waals surface area (Å²) in [5.74, 6) is 0.732. The third-order valence-electron chi connectivity index (χ3n) is 10.5. The molecule has 1 unspecified atom stereocenters. The van der Waals surface area contributed by atoms with Gasteiger partial charge in [-0.3, -0.25) is 0 Å². The standard InChI is InChI=1S/C45H26N2O/c1-2-13-27(14-3-1)42-32-18-6-10-23-38(32)46-44(47-42)33-19-12-22-36-40(33)30-16-4-8-20-34(30)45(36)35-21-9-5-17-31(35)41-37(45)26-25-29-28-15-7-11-24-39(28)48-43(29)41/h1-26H. The summed E-state index contributed by atoms with van der Waals surface area (Å²) >= 11 is 0. The minimum absolute atomic E-state index is 0.514. The number of aromatic nitrogens is 2. The van der Waals surface area contributed by atoms with E-state index in [1.54, 1.807) is 0 Å². The maximum Gasteiger partial charge on any atom is 0.161 e. The van der Waals surface area contributed by atoms with Crippen molar-refractivity contribution >= 4 is 32.8 Å². The van der Waals surface area contributed by atoms with Crippen LogP contribution in [0.3, 0.4) is 0 Å². The Balaban J connectivity index is 1.25. The third kappa shape index (κ3) is 3.18. The van der Waals surface area contributed by atoms with Crippen LogP contribution >= 0.6 is 0 Å². The monoisotopic (exact) mass is 610 g/mol. The zero-order valence-electron chi connectivity index (χ0n) is 25.8. The van der Waals surface area contributed by atoms with Gasteiger partial charge in [0.15, 0.2) is 5.82 Å². The molecule has 9 aromatic rings. The van der Waals surface area contributed by atoms with Gasteiger partial charge in [-0.1, -0.05) is 146 Å². The molecule has 0 fully saturated rings. The molecule has 1 spiro atoms. The van der Waals surface area contributed by atoms with Gasteiger partial charge in [-0.25, -0.2) is 9.97 Å². The first-order chi connectivity index (χ1) is 23.8. The summed E-state index contributed by atoms with van der Waals surface area (Å²) < 4.78 is 6.70. The summed E-state index contributed by atoms with van der Waals surface area (Å²) in [6, 6.07) is 56.2. The third-order valence-corrected chi connectivity index (χ3v) is 10.5. The van der Waals surface area contributed by atoms with E-state index in [0.717, 1.165) is 55.5 Å². The molecule has 2 aliphatic rings. The SMILES string of the molecule is c1ccc(-c2nc(-c3cccc4c3-c3ccccc3C43c4ccccc4-c4c3ccc3c4oc4ccccc43)nc3ccccc23)cc1. The smallest absolute Gasteiger partial charge is 0.161 e. The van der Waals surface area contributed by atoms with Crippen LogP contribution in [-0.2, 0) is 5.41 Å². The van der Waals surface area contributed by atoms with Crippen molar-refractivity contribution < 1.29 is 4.42 Å². The van der Waals surface area contributed by atoms with Crippen LogP contribution in [0.15, 0.2) is 162 Å². The molecule has 48 heavy (non-hydrogen) atoms. The summed E-state index contributed by atoms with van der Waals surface area (Å²) in [6.45, 7) is 0. The number of furan rings is 1. The number of nitrogens with zero attached hydrogens (tertiary/aromatic N) is 2. The fraction of sp³-hybridized carbons (Fsp3) is 0.0222. The van der Waals surface area contributed by atoms with Crippen LogP contribution in [0, 0.1) is 0 Å². The highest BCUT2D eigenvalue weighted by molar-refractivity contribution is 6.13. The van der Waals surface area contributed by atoms with Crippen molar-refractivity contribution in [2.24, 2.45) is 0 Å². The van der Waals surface area contributed by atoms with E-state index in [1.807, 2.05) is 12.1 Å². The van der Waals surface area contributed by atoms with Crippen molar-refractivity contribution in [3.05, 3.63) is 180 Å². The fourth-order valence-electron chi connectivity index (χ4n) is 8.65. The molecule has 0 saturated heterocycles. The first kappa shape index (κ1) is 25.8. The molecule has 0 amide bonds. The van der Waals surface area contributed by atoms with Gasteiger partial charge in [0.1, 0.15) is 11.2 Å². The molecule has 3 heteroatoms. The first-order valence-corrected chi connectivity index (χ1v) is 16.4. The number of fused-ring (bicyclic) bond motifs is 15. The van der Waals surface area contributed by atoms with E-state index in [9.17, 15) is 0 Å². The molecule has 222 valence electrons. The summed E-state index contributed by atoms with van der Waals surface area (Å²) in [6.07, 6.45) is 0. The molecule has 0 aliphatic heterocycles. The highest BCUT2D eigenvalue weighted by atomic mass is 16.3. The van der Waals surface area contributed by atoms with Gasteiger partial charge >= 0.3 is 0 Å². The fourth-order valence-corrected chi connectivity index (χ4v) is 8.65. The number of hydrogen-bond acceptors (Lipinski definition) is 3. The van der Waals surface area contributed by atoms with Gasteiger partial charge in [-0.05, 0) is 51.1 Å². The maximum atomic E-state index is 6.70. The molecule has 0 bridgehead atoms. The van der Waals surface area contributed by atoms with Gasteiger partial charge in [0.05, 0.1) is 16.6 Å². The Hall–Kier alpha value is -6.32. The molecular weight excluding hydrogens is 585 g/mol. The second-order valence-corrected chi connectivity index (χ2v) is 12.8. The van der Waals surface area contributed by atoms with E-state index in [4.69, 9.17) is 14.4 Å². The number of benzene rings is 7. The lowest BCUT2D eigenvalue weighted by molar-refractivity contribution is 0.669. The Labute approximate surface area is 276 Å². The van der Waals surface area contributed by atoms with Crippen molar-refractivity contribution in [3.8, 4) is 44.9 Å². The topological polar surface area (TPSA) is 38.9 Å². The number of hydrogen-bond donors (Lipinski definition) is 0. The zero-order valence-corrected chi connectivity index (χ0v) is 25.8. The largest absolute Gasteiger partial charge is 0.455 e. The van der Waals surface area contributed by atoms with Crippen LogP contribution in [0.1, 0.15) is 22.3 Å². The van der Waals surface area contributed by atoms with Gasteiger partial charge in [0, 0.05) is 32.8 Å². The summed E-state index contributed by atoms with van der Waals surface area (Å²) in [5.41, 5.74) is 15.2. The zero-order chi connectivity index (χ0) is 31.4. The van der Waals surface area contributed by atoms with E-state index in [1.165, 1.54) is 44.5 Å². The van der Waals surface area contributed by atoms with Crippen LogP contribution in [-0.4, -0.2) is 9.97 Å². The van der Waals surface area contributed by atoms with Crippen molar-refractivity contribution in [2.45, 2.75) is 5.41 Å². The lowest BCUT2D eigenvalue weighted by Crippen LogP contribution is -2.25. The van der Waals surface area contributed by atoms with E-state index in [-0.39, 0.29) is 0 Å². The molecule has 7 aromatic carbocycles. The first-order valence-electron chi connectivity index (χ1n) is 16.4. The molecule has 11 rings (SSSR count). The summed E-state index contributed by atoms with van der Waals surface area (Å²) in [4.78, 5) is 10.6. The van der Waals surface area contributed by atoms with Gasteiger partial charge < -0.3 is 4.42 Å². The Morgan fingerprint density at radius 2 is 1.04 bits per heavy atom. The molecule has 0 N–H and O–H groups in total. The Bertz CT molecular complexity index is 2790. The van der Waals surface area contributed by atoms with Crippen LogP contribution in [0.2, 0.25) is 0 Å². The van der Waals surface area contributed by atoms with E-state index < -0.39 is 5.41 Å². The Kier molecular flexibility index (Phi) is 5.04. The predicted molar refractivity (Wildman–Crippen MR) is 194 cm³/mol. The predicted octanol–water partition coefficient (Wildman–Crippen LogP) is 11.2. The molecule has 0 saturated carbocycles. The minimum Gasteiger partial charge on any atom is -0.455 e. The Morgan fingerprint density at radius 3 is 1.88 bits per heavy atom. The summed E-state index contributed by atoms with van der Waals surface area (Å²) in [5, 5.41) is 3.34. The molecule has 0 radical (unpaired) electrons. The second-order valence-electron chi connectivity index (χ2n) is 12.8. The minimum atomic E-state index is -0.514. The molecule has 2 aliphatic carbocycles. The lowest BCUT2D eigenvalue weighted by atomic mass is 9.70. The van der Waals surface area contributed by atoms with Crippen molar-refractivity contribution in [1.82, 2.24) is 9.97 Å². The van der Waals surface area contributed by atoms with E-state index >= 15 is 0 Å². The average Bonchev–Trinajstić information content (AvgIpc) is 3.79. The normalized spacial score (nSPS) is 15.6. The van der Waals surface area contributed by atoms with Gasteiger partial charge in [-0.2, -0.15) is 0 Å². The van der Waals surface area contributed by atoms with Crippen molar-refractivity contribution in [1.29, 1.82) is 0 Å². The maximum absolute atomic E-state index is 6.70. The van der Waals surface area contributed by atoms with Crippen LogP contribution < -0.4 is 0 Å². The second kappa shape index (κ2) is 9.37. The van der Waals surface area contributed by atoms with Crippen molar-refractivity contribution in [2.75, 3.05) is 0 Å². The highest BCUT2D eigenvalue weighted by Crippen LogP contribution is 2.65. The van der Waals surface area contributed by atoms with Crippen LogP contribution in [0.4, 0.5) is 0 Å². The lowest BCUT2D eigenvalue weighted by Gasteiger charge is -2.30. The quantitative estimate of drug-likeness (QED) is 0.195. The van der Waals surface area contributed by atoms with Crippen LogP contribution in [0.25, 0.3) is 77.7 Å². The summed E-state index contributed by atoms with van der Waals surface area (Å²) in [7, 11) is 0. The van der Waals surface area contributed by atoms with Gasteiger partial charge in [-0.15, -0.1) is 0 Å². The van der Waals surface area contributed by atoms with Gasteiger partial charge in [0.2, 0.25) is 0 Å². The average molecular weight is 611 g/mol. The van der Waals surface area contributed by atoms with E-state index in [2.05, 4.69) is 146 Å². The van der Waals surface area contributed by atoms with Crippen molar-refractivity contribution in [3.63, 3.8) is 0 Å². The number of rotatable bonds is 2. The molecule has 2 aromatic heterocycles. The number of para-hydroxylation sites is 2. The van der Waals surface area contributed by atoms with E-state index in [0.29, 0.717) is 0 Å². The van der Waals surface area contributed by atoms with Crippen LogP contribution in [0.5, 0.6) is 0 Å². The van der Waals surface area contributed by atoms with Gasteiger partial charge in [0.25, 0.3) is 0 Å². The molecule has 1 atom stereocenters. The highest BCUT2D eigenvalue weighted by Gasteiger charge is 2.53. The Morgan fingerprint density at radius 1 is 0.417 bits per heavy atom. The molecule has 3 nitrogen and oxygen atoms in total. The molecule has 2 heterocycles. The molecular formula is C45H26N2O.